The predicted molar refractivity (Wildman–Crippen MR) is 149 cm³/mol. The predicted octanol–water partition coefficient (Wildman–Crippen LogP) is 8.83. The average molecular weight is 474 g/mol. The van der Waals surface area contributed by atoms with Gasteiger partial charge in [0.2, 0.25) is 0 Å². The van der Waals surface area contributed by atoms with Gasteiger partial charge in [0.25, 0.3) is 0 Å². The van der Waals surface area contributed by atoms with Crippen molar-refractivity contribution >= 4 is 0 Å². The summed E-state index contributed by atoms with van der Waals surface area (Å²) in [5.74, 6) is 0.502. The topological polar surface area (TPSA) is 3.24 Å². The molecular formula is C33H44FN. The van der Waals surface area contributed by atoms with Crippen LogP contribution in [0.4, 0.5) is 4.39 Å². The number of rotatable bonds is 8. The molecule has 3 aliphatic carbocycles. The molecule has 4 aliphatic rings. The van der Waals surface area contributed by atoms with E-state index in [1.807, 2.05) is 6.08 Å². The molecule has 188 valence electrons. The van der Waals surface area contributed by atoms with Gasteiger partial charge in [-0.25, -0.2) is 4.39 Å². The Bertz CT molecular complexity index is 1000. The fourth-order valence-corrected chi connectivity index (χ4v) is 6.79. The van der Waals surface area contributed by atoms with Crippen LogP contribution in [-0.2, 0) is 0 Å². The van der Waals surface area contributed by atoms with Gasteiger partial charge in [-0.05, 0) is 85.5 Å². The molecule has 4 rings (SSSR count). The molecule has 2 fully saturated rings. The minimum Gasteiger partial charge on any atom is -0.298 e. The summed E-state index contributed by atoms with van der Waals surface area (Å²) in [6.45, 7) is 18.8. The van der Waals surface area contributed by atoms with Gasteiger partial charge < -0.3 is 0 Å². The number of likely N-dealkylation sites (tertiary alicyclic amines) is 1. The van der Waals surface area contributed by atoms with Crippen LogP contribution in [0.15, 0.2) is 96.0 Å². The summed E-state index contributed by atoms with van der Waals surface area (Å²) in [6.07, 6.45) is 27.0. The Hall–Kier alpha value is -2.19. The van der Waals surface area contributed by atoms with E-state index in [0.29, 0.717) is 16.7 Å². The first-order chi connectivity index (χ1) is 16.7. The van der Waals surface area contributed by atoms with Crippen molar-refractivity contribution in [1.82, 2.24) is 4.90 Å². The second-order valence-electron chi connectivity index (χ2n) is 12.0. The van der Waals surface area contributed by atoms with Gasteiger partial charge >= 0.3 is 0 Å². The van der Waals surface area contributed by atoms with Crippen molar-refractivity contribution in [3.05, 3.63) is 96.0 Å². The SMILES string of the molecule is C=CC1(CCC)CCC(C(=C)CC2(C)CN(CC3=C/C(C)=C/C4=CC(C=C(F)C=C4)/C=C\3)C2)CC1. The van der Waals surface area contributed by atoms with E-state index in [4.69, 9.17) is 0 Å². The molecule has 1 aliphatic heterocycles. The van der Waals surface area contributed by atoms with Crippen molar-refractivity contribution in [1.29, 1.82) is 0 Å². The first kappa shape index (κ1) is 25.9. The number of halogens is 1. The quantitative estimate of drug-likeness (QED) is 0.318. The number of nitrogens with zero attached hydrogens (tertiary/aromatic N) is 1. The van der Waals surface area contributed by atoms with E-state index in [-0.39, 0.29) is 11.7 Å². The highest BCUT2D eigenvalue weighted by Gasteiger charge is 2.40. The van der Waals surface area contributed by atoms with E-state index >= 15 is 0 Å². The highest BCUT2D eigenvalue weighted by atomic mass is 19.1. The van der Waals surface area contributed by atoms with E-state index in [9.17, 15) is 4.39 Å². The van der Waals surface area contributed by atoms with Crippen LogP contribution >= 0.6 is 0 Å². The van der Waals surface area contributed by atoms with Crippen LogP contribution in [0.3, 0.4) is 0 Å². The molecule has 1 atom stereocenters. The van der Waals surface area contributed by atoms with Crippen LogP contribution in [0.1, 0.15) is 65.7 Å². The Kier molecular flexibility index (Phi) is 8.01. The van der Waals surface area contributed by atoms with Crippen LogP contribution < -0.4 is 0 Å². The fourth-order valence-electron chi connectivity index (χ4n) is 6.79. The number of allylic oxidation sites excluding steroid dienone is 12. The maximum atomic E-state index is 14.0. The number of hydrogen-bond donors (Lipinski definition) is 0. The van der Waals surface area contributed by atoms with Gasteiger partial charge in [-0.3, -0.25) is 4.90 Å². The minimum absolute atomic E-state index is 0.0109. The van der Waals surface area contributed by atoms with Crippen LogP contribution in [0.2, 0.25) is 0 Å². The van der Waals surface area contributed by atoms with Gasteiger partial charge in [0.1, 0.15) is 5.83 Å². The van der Waals surface area contributed by atoms with E-state index in [2.05, 4.69) is 75.3 Å². The second-order valence-corrected chi connectivity index (χ2v) is 12.0. The summed E-state index contributed by atoms with van der Waals surface area (Å²) in [5, 5.41) is 0. The highest BCUT2D eigenvalue weighted by Crippen LogP contribution is 2.47. The molecule has 0 aromatic rings. The van der Waals surface area contributed by atoms with E-state index in [1.165, 1.54) is 55.2 Å². The molecule has 1 unspecified atom stereocenters. The van der Waals surface area contributed by atoms with Crippen LogP contribution in [0.5, 0.6) is 0 Å². The van der Waals surface area contributed by atoms with Crippen LogP contribution in [0.25, 0.3) is 0 Å². The molecular weight excluding hydrogens is 429 g/mol. The van der Waals surface area contributed by atoms with Gasteiger partial charge in [0.05, 0.1) is 0 Å². The van der Waals surface area contributed by atoms with Gasteiger partial charge in [-0.2, -0.15) is 0 Å². The number of hydrogen-bond acceptors (Lipinski definition) is 1. The van der Waals surface area contributed by atoms with Crippen molar-refractivity contribution in [2.45, 2.75) is 65.7 Å². The maximum absolute atomic E-state index is 14.0. The van der Waals surface area contributed by atoms with Gasteiger partial charge in [0, 0.05) is 25.6 Å². The lowest BCUT2D eigenvalue weighted by molar-refractivity contribution is 0.0219. The van der Waals surface area contributed by atoms with Gasteiger partial charge in [0.15, 0.2) is 0 Å². The summed E-state index contributed by atoms with van der Waals surface area (Å²) < 4.78 is 14.0. The van der Waals surface area contributed by atoms with Crippen LogP contribution in [0, 0.1) is 22.7 Å². The highest BCUT2D eigenvalue weighted by molar-refractivity contribution is 5.45. The fraction of sp³-hybridized carbons (Fsp3) is 0.515. The third-order valence-electron chi connectivity index (χ3n) is 8.52. The summed E-state index contributed by atoms with van der Waals surface area (Å²) in [5.41, 5.74) is 5.74. The lowest BCUT2D eigenvalue weighted by Crippen LogP contribution is -2.55. The van der Waals surface area contributed by atoms with Crippen molar-refractivity contribution in [3.63, 3.8) is 0 Å². The Morgan fingerprint density at radius 1 is 1.14 bits per heavy atom. The first-order valence-electron chi connectivity index (χ1n) is 13.6. The molecule has 0 spiro atoms. The Balaban J connectivity index is 1.31. The summed E-state index contributed by atoms with van der Waals surface area (Å²) in [6, 6.07) is 0. The van der Waals surface area contributed by atoms with E-state index < -0.39 is 0 Å². The molecule has 0 amide bonds. The molecule has 0 N–H and O–H groups in total. The molecule has 0 radical (unpaired) electrons. The Morgan fingerprint density at radius 2 is 1.89 bits per heavy atom. The third-order valence-corrected chi connectivity index (χ3v) is 8.52. The summed E-state index contributed by atoms with van der Waals surface area (Å²) >= 11 is 0. The van der Waals surface area contributed by atoms with E-state index in [1.54, 1.807) is 12.2 Å². The Morgan fingerprint density at radius 3 is 2.57 bits per heavy atom. The largest absolute Gasteiger partial charge is 0.298 e. The molecule has 2 bridgehead atoms. The van der Waals surface area contributed by atoms with Crippen molar-refractivity contribution in [2.24, 2.45) is 22.7 Å². The molecule has 1 saturated carbocycles. The van der Waals surface area contributed by atoms with Gasteiger partial charge in [-0.1, -0.05) is 80.5 Å². The first-order valence-corrected chi connectivity index (χ1v) is 13.6. The smallest absolute Gasteiger partial charge is 0.120 e. The zero-order chi connectivity index (χ0) is 25.1. The standard InChI is InChI=1S/C33H44FN/c1-6-14-33(7-2)15-12-30(13-16-33)26(4)21-32(5)23-35(24-32)22-29-9-8-28-19-27(17-25(3)18-29)10-11-31(34)20-28/h7-11,17-20,28,30H,2,4,6,12-16,21-24H2,1,3,5H3/b9-8-,25-17+,29-18+. The molecule has 1 nitrogen and oxygen atoms in total. The molecule has 35 heavy (non-hydrogen) atoms. The molecule has 1 saturated heterocycles. The Labute approximate surface area is 213 Å². The second kappa shape index (κ2) is 10.8. The monoisotopic (exact) mass is 473 g/mol. The zero-order valence-electron chi connectivity index (χ0n) is 22.2. The maximum Gasteiger partial charge on any atom is 0.120 e. The third kappa shape index (κ3) is 6.53. The lowest BCUT2D eigenvalue weighted by Gasteiger charge is -2.50. The summed E-state index contributed by atoms with van der Waals surface area (Å²) in [7, 11) is 0. The number of fused-ring (bicyclic) bond motifs is 1. The lowest BCUT2D eigenvalue weighted by atomic mass is 9.65. The van der Waals surface area contributed by atoms with E-state index in [0.717, 1.165) is 31.6 Å². The molecule has 2 heteroatoms. The van der Waals surface area contributed by atoms with Crippen LogP contribution in [-0.4, -0.2) is 24.5 Å². The normalized spacial score (nSPS) is 34.3. The average Bonchev–Trinajstić information content (AvgIpc) is 2.92. The minimum atomic E-state index is -0.166. The molecule has 0 aromatic carbocycles. The summed E-state index contributed by atoms with van der Waals surface area (Å²) in [4.78, 5) is 2.55. The van der Waals surface area contributed by atoms with Gasteiger partial charge in [-0.15, -0.1) is 6.58 Å². The van der Waals surface area contributed by atoms with Crippen molar-refractivity contribution < 1.29 is 4.39 Å². The van der Waals surface area contributed by atoms with Crippen molar-refractivity contribution in [2.75, 3.05) is 19.6 Å². The molecule has 1 heterocycles. The zero-order valence-corrected chi connectivity index (χ0v) is 22.2. The van der Waals surface area contributed by atoms with Crippen molar-refractivity contribution in [3.8, 4) is 0 Å². The molecule has 0 aromatic heterocycles.